The second kappa shape index (κ2) is 8.92. The van der Waals surface area contributed by atoms with E-state index < -0.39 is 0 Å². The van der Waals surface area contributed by atoms with E-state index in [1.807, 2.05) is 57.2 Å². The molecule has 1 atom stereocenters. The fourth-order valence-corrected chi connectivity index (χ4v) is 2.30. The number of benzene rings is 1. The smallest absolute Gasteiger partial charge is 0.308 e. The van der Waals surface area contributed by atoms with Gasteiger partial charge in [-0.15, -0.1) is 0 Å². The van der Waals surface area contributed by atoms with Crippen molar-refractivity contribution in [2.75, 3.05) is 13.7 Å². The SMILES string of the molecule is COC(C)(C)CCOC(C)CC(=O)OCc1ccc2ccccc2n1. The van der Waals surface area contributed by atoms with Gasteiger partial charge < -0.3 is 14.2 Å². The van der Waals surface area contributed by atoms with Crippen molar-refractivity contribution in [2.24, 2.45) is 0 Å². The highest BCUT2D eigenvalue weighted by molar-refractivity contribution is 5.78. The molecule has 2 rings (SSSR count). The van der Waals surface area contributed by atoms with E-state index in [-0.39, 0.29) is 30.7 Å². The molecule has 136 valence electrons. The van der Waals surface area contributed by atoms with Crippen molar-refractivity contribution < 1.29 is 19.0 Å². The van der Waals surface area contributed by atoms with Gasteiger partial charge in [-0.25, -0.2) is 4.98 Å². The fraction of sp³-hybridized carbons (Fsp3) is 0.500. The molecule has 0 spiro atoms. The van der Waals surface area contributed by atoms with Crippen LogP contribution in [-0.2, 0) is 25.6 Å². The normalized spacial score (nSPS) is 13.0. The molecule has 0 aliphatic carbocycles. The van der Waals surface area contributed by atoms with Crippen LogP contribution in [0.2, 0.25) is 0 Å². The maximum absolute atomic E-state index is 12.0. The Balaban J connectivity index is 1.74. The molecule has 0 radical (unpaired) electrons. The average Bonchev–Trinajstić information content (AvgIpc) is 2.59. The lowest BCUT2D eigenvalue weighted by Crippen LogP contribution is -2.26. The minimum Gasteiger partial charge on any atom is -0.459 e. The van der Waals surface area contributed by atoms with Crippen LogP contribution in [0.4, 0.5) is 0 Å². The molecule has 2 aromatic rings. The summed E-state index contributed by atoms with van der Waals surface area (Å²) >= 11 is 0. The topological polar surface area (TPSA) is 57.7 Å². The average molecular weight is 345 g/mol. The Kier molecular flexibility index (Phi) is 6.91. The zero-order valence-electron chi connectivity index (χ0n) is 15.5. The number of hydrogen-bond donors (Lipinski definition) is 0. The first-order chi connectivity index (χ1) is 11.9. The zero-order chi connectivity index (χ0) is 18.3. The predicted molar refractivity (Wildman–Crippen MR) is 97.3 cm³/mol. The van der Waals surface area contributed by atoms with E-state index in [9.17, 15) is 4.79 Å². The molecule has 25 heavy (non-hydrogen) atoms. The molecular formula is C20H27NO4. The van der Waals surface area contributed by atoms with E-state index in [1.165, 1.54) is 0 Å². The van der Waals surface area contributed by atoms with Gasteiger partial charge in [0.25, 0.3) is 0 Å². The number of aromatic nitrogens is 1. The van der Waals surface area contributed by atoms with E-state index in [2.05, 4.69) is 4.98 Å². The van der Waals surface area contributed by atoms with Crippen LogP contribution in [0.15, 0.2) is 36.4 Å². The van der Waals surface area contributed by atoms with Crippen LogP contribution in [0.25, 0.3) is 10.9 Å². The number of pyridine rings is 1. The van der Waals surface area contributed by atoms with Gasteiger partial charge in [-0.05, 0) is 39.3 Å². The first-order valence-corrected chi connectivity index (χ1v) is 8.57. The molecule has 0 aliphatic rings. The number of ether oxygens (including phenoxy) is 3. The molecule has 0 aliphatic heterocycles. The highest BCUT2D eigenvalue weighted by atomic mass is 16.5. The highest BCUT2D eigenvalue weighted by Crippen LogP contribution is 2.14. The lowest BCUT2D eigenvalue weighted by Gasteiger charge is -2.23. The molecular weight excluding hydrogens is 318 g/mol. The number of nitrogens with zero attached hydrogens (tertiary/aromatic N) is 1. The second-order valence-corrected chi connectivity index (χ2v) is 6.76. The number of carbonyl (C=O) groups excluding carboxylic acids is 1. The van der Waals surface area contributed by atoms with Gasteiger partial charge in [0.2, 0.25) is 0 Å². The Labute approximate surface area is 149 Å². The Morgan fingerprint density at radius 1 is 1.20 bits per heavy atom. The van der Waals surface area contributed by atoms with Crippen LogP contribution in [0.3, 0.4) is 0 Å². The largest absolute Gasteiger partial charge is 0.459 e. The van der Waals surface area contributed by atoms with Gasteiger partial charge in [0.15, 0.2) is 0 Å². The van der Waals surface area contributed by atoms with E-state index in [1.54, 1.807) is 7.11 Å². The van der Waals surface area contributed by atoms with Crippen LogP contribution in [0.5, 0.6) is 0 Å². The quantitative estimate of drug-likeness (QED) is 0.645. The van der Waals surface area contributed by atoms with Crippen molar-refractivity contribution in [1.82, 2.24) is 4.98 Å². The number of para-hydroxylation sites is 1. The van der Waals surface area contributed by atoms with Gasteiger partial charge in [0.1, 0.15) is 6.61 Å². The molecule has 0 N–H and O–H groups in total. The number of methoxy groups -OCH3 is 1. The number of hydrogen-bond acceptors (Lipinski definition) is 5. The summed E-state index contributed by atoms with van der Waals surface area (Å²) in [6, 6.07) is 11.7. The molecule has 0 amide bonds. The van der Waals surface area contributed by atoms with Crippen molar-refractivity contribution in [3.8, 4) is 0 Å². The van der Waals surface area contributed by atoms with Crippen molar-refractivity contribution in [3.05, 3.63) is 42.1 Å². The van der Waals surface area contributed by atoms with Crippen LogP contribution in [-0.4, -0.2) is 36.4 Å². The monoisotopic (exact) mass is 345 g/mol. The third kappa shape index (κ3) is 6.44. The lowest BCUT2D eigenvalue weighted by molar-refractivity contribution is -0.148. The number of esters is 1. The van der Waals surface area contributed by atoms with E-state index in [0.717, 1.165) is 23.0 Å². The highest BCUT2D eigenvalue weighted by Gasteiger charge is 2.17. The van der Waals surface area contributed by atoms with Gasteiger partial charge in [0, 0.05) is 19.1 Å². The second-order valence-electron chi connectivity index (χ2n) is 6.76. The minimum atomic E-state index is -0.284. The Morgan fingerprint density at radius 3 is 2.72 bits per heavy atom. The van der Waals surface area contributed by atoms with Crippen molar-refractivity contribution in [2.45, 2.75) is 51.9 Å². The summed E-state index contributed by atoms with van der Waals surface area (Å²) in [5.41, 5.74) is 1.41. The number of carbonyl (C=O) groups is 1. The van der Waals surface area contributed by atoms with Gasteiger partial charge in [0.05, 0.1) is 29.3 Å². The molecule has 5 nitrogen and oxygen atoms in total. The lowest BCUT2D eigenvalue weighted by atomic mass is 10.1. The summed E-state index contributed by atoms with van der Waals surface area (Å²) in [5, 5.41) is 1.07. The molecule has 0 fully saturated rings. The fourth-order valence-electron chi connectivity index (χ4n) is 2.30. The first-order valence-electron chi connectivity index (χ1n) is 8.57. The Bertz CT molecular complexity index is 699. The summed E-state index contributed by atoms with van der Waals surface area (Å²) in [7, 11) is 1.68. The molecule has 0 bridgehead atoms. The van der Waals surface area contributed by atoms with Crippen LogP contribution in [0.1, 0.15) is 39.3 Å². The van der Waals surface area contributed by atoms with Crippen LogP contribution >= 0.6 is 0 Å². The zero-order valence-corrected chi connectivity index (χ0v) is 15.5. The molecule has 5 heteroatoms. The third-order valence-corrected chi connectivity index (χ3v) is 4.15. The first kappa shape index (κ1) is 19.3. The predicted octanol–water partition coefficient (Wildman–Crippen LogP) is 3.89. The van der Waals surface area contributed by atoms with E-state index >= 15 is 0 Å². The summed E-state index contributed by atoms with van der Waals surface area (Å²) in [6.45, 7) is 6.60. The van der Waals surface area contributed by atoms with Crippen LogP contribution in [0, 0.1) is 0 Å². The molecule has 0 saturated carbocycles. The number of fused-ring (bicyclic) bond motifs is 1. The number of rotatable bonds is 9. The standard InChI is InChI=1S/C20H27NO4/c1-15(24-12-11-20(2,3)23-4)13-19(22)25-14-17-10-9-16-7-5-6-8-18(16)21-17/h5-10,15H,11-14H2,1-4H3. The van der Waals surface area contributed by atoms with Crippen molar-refractivity contribution in [3.63, 3.8) is 0 Å². The molecule has 1 heterocycles. The summed E-state index contributed by atoms with van der Waals surface area (Å²) in [6.07, 6.45) is 0.801. The maximum Gasteiger partial charge on any atom is 0.308 e. The van der Waals surface area contributed by atoms with Crippen LogP contribution < -0.4 is 0 Å². The summed E-state index contributed by atoms with van der Waals surface area (Å²) < 4.78 is 16.3. The third-order valence-electron chi connectivity index (χ3n) is 4.15. The Hall–Kier alpha value is -1.98. The van der Waals surface area contributed by atoms with E-state index in [4.69, 9.17) is 14.2 Å². The maximum atomic E-state index is 12.0. The molecule has 1 unspecified atom stereocenters. The van der Waals surface area contributed by atoms with Crippen molar-refractivity contribution in [1.29, 1.82) is 0 Å². The van der Waals surface area contributed by atoms with Gasteiger partial charge in [-0.1, -0.05) is 24.3 Å². The summed E-state index contributed by atoms with van der Waals surface area (Å²) in [5.74, 6) is -0.284. The van der Waals surface area contributed by atoms with Gasteiger partial charge in [-0.2, -0.15) is 0 Å². The Morgan fingerprint density at radius 2 is 1.96 bits per heavy atom. The van der Waals surface area contributed by atoms with Gasteiger partial charge in [-0.3, -0.25) is 4.79 Å². The molecule has 1 aromatic carbocycles. The minimum absolute atomic E-state index is 0.174. The van der Waals surface area contributed by atoms with E-state index in [0.29, 0.717) is 6.61 Å². The molecule has 1 aromatic heterocycles. The van der Waals surface area contributed by atoms with Crippen molar-refractivity contribution >= 4 is 16.9 Å². The molecule has 0 saturated heterocycles. The summed E-state index contributed by atoms with van der Waals surface area (Å²) in [4.78, 5) is 16.4. The van der Waals surface area contributed by atoms with Gasteiger partial charge >= 0.3 is 5.97 Å².